The van der Waals surface area contributed by atoms with E-state index in [9.17, 15) is 0 Å². The van der Waals surface area contributed by atoms with E-state index in [-0.39, 0.29) is 5.54 Å². The van der Waals surface area contributed by atoms with Gasteiger partial charge in [-0.15, -0.1) is 39.8 Å². The fourth-order valence-corrected chi connectivity index (χ4v) is 4.69. The van der Waals surface area contributed by atoms with E-state index in [0.29, 0.717) is 0 Å². The van der Waals surface area contributed by atoms with Gasteiger partial charge >= 0.3 is 6.00 Å². The predicted octanol–water partition coefficient (Wildman–Crippen LogP) is 5.30. The van der Waals surface area contributed by atoms with E-state index in [1.165, 1.54) is 0 Å². The molecule has 0 heterocycles. The molecule has 0 nitrogen and oxygen atoms in total. The highest BCUT2D eigenvalue weighted by Crippen LogP contribution is 2.40. The van der Waals surface area contributed by atoms with Crippen molar-refractivity contribution in [1.29, 1.82) is 0 Å². The second-order valence-corrected chi connectivity index (χ2v) is 12.6. The molecule has 0 bridgehead atoms. The third kappa shape index (κ3) is 2.69. The van der Waals surface area contributed by atoms with Crippen molar-refractivity contribution in [3.05, 3.63) is 60.7 Å². The molecule has 4 heteroatoms. The van der Waals surface area contributed by atoms with Gasteiger partial charge in [0.15, 0.2) is 0 Å². The molecule has 2 aromatic carbocycles. The fraction of sp³-hybridized carbons (Fsp3) is 0.0769. The smallest absolute Gasteiger partial charge is 0.125 e. The summed E-state index contributed by atoms with van der Waals surface area (Å²) in [5.74, 6) is 0. The predicted molar refractivity (Wildman–Crippen MR) is 80.2 cm³/mol. The van der Waals surface area contributed by atoms with Crippen molar-refractivity contribution in [3.63, 3.8) is 0 Å². The Labute approximate surface area is 116 Å². The van der Waals surface area contributed by atoms with Gasteiger partial charge in [-0.2, -0.15) is 0 Å². The van der Waals surface area contributed by atoms with Gasteiger partial charge in [0.2, 0.25) is 0 Å². The molecule has 0 radical (unpaired) electrons. The van der Waals surface area contributed by atoms with Crippen LogP contribution in [0.2, 0.25) is 0 Å². The quantitative estimate of drug-likeness (QED) is 0.410. The molecule has 1 unspecified atom stereocenters. The first-order valence-corrected chi connectivity index (χ1v) is 10.3. The van der Waals surface area contributed by atoms with Crippen LogP contribution in [0.25, 0.3) is 10.8 Å². The van der Waals surface area contributed by atoms with Gasteiger partial charge in [-0.25, -0.2) is 0 Å². The van der Waals surface area contributed by atoms with Crippen LogP contribution in [0.3, 0.4) is 0 Å². The Balaban J connectivity index is 2.66. The molecule has 2 aromatic rings. The molecular weight excluding hydrogens is 291 g/mol. The lowest BCUT2D eigenvalue weighted by Crippen LogP contribution is -2.21. The summed E-state index contributed by atoms with van der Waals surface area (Å²) in [5, 5.41) is 2.28. The highest BCUT2D eigenvalue weighted by Gasteiger charge is 2.36. The van der Waals surface area contributed by atoms with Gasteiger partial charge in [0, 0.05) is 5.54 Å². The molecule has 0 fully saturated rings. The van der Waals surface area contributed by atoms with Gasteiger partial charge in [-0.1, -0.05) is 48.5 Å². The van der Waals surface area contributed by atoms with Crippen molar-refractivity contribution in [2.24, 2.45) is 0 Å². The Morgan fingerprint density at radius 2 is 1.65 bits per heavy atom. The zero-order valence-corrected chi connectivity index (χ0v) is 12.3. The lowest BCUT2D eigenvalue weighted by Gasteiger charge is -2.20. The molecular formula is C13H11Cl3Si. The summed E-state index contributed by atoms with van der Waals surface area (Å²) in [6, 6.07) is 11.3. The van der Waals surface area contributed by atoms with Crippen molar-refractivity contribution in [2.45, 2.75) is 5.54 Å². The highest BCUT2D eigenvalue weighted by molar-refractivity contribution is 7.65. The number of benzene rings is 2. The molecule has 0 aliphatic heterocycles. The standard InChI is InChI=1S/C13H11Cl3Si/c1-2-13(17(14,15)16)12-9-5-7-10-6-3-4-8-11(10)12/h2-9,13H,1H2. The summed E-state index contributed by atoms with van der Waals surface area (Å²) in [6.45, 7) is 3.79. The van der Waals surface area contributed by atoms with Gasteiger partial charge in [0.05, 0.1) is 0 Å². The van der Waals surface area contributed by atoms with Crippen LogP contribution in [0.1, 0.15) is 11.1 Å². The Morgan fingerprint density at radius 1 is 1.00 bits per heavy atom. The second-order valence-electron chi connectivity index (χ2n) is 3.82. The number of hydrogen-bond donors (Lipinski definition) is 0. The average molecular weight is 302 g/mol. The molecule has 0 amide bonds. The van der Waals surface area contributed by atoms with E-state index in [0.717, 1.165) is 16.3 Å². The van der Waals surface area contributed by atoms with Crippen LogP contribution in [-0.2, 0) is 0 Å². The van der Waals surface area contributed by atoms with Crippen LogP contribution >= 0.6 is 33.2 Å². The molecule has 0 aliphatic carbocycles. The monoisotopic (exact) mass is 300 g/mol. The third-order valence-corrected chi connectivity index (χ3v) is 6.11. The molecule has 0 saturated heterocycles. The number of halogens is 3. The summed E-state index contributed by atoms with van der Waals surface area (Å²) < 4.78 is 0. The Morgan fingerprint density at radius 3 is 2.29 bits per heavy atom. The number of allylic oxidation sites excluding steroid dienone is 1. The van der Waals surface area contributed by atoms with Gasteiger partial charge in [0.1, 0.15) is 0 Å². The van der Waals surface area contributed by atoms with E-state index in [1.807, 2.05) is 30.3 Å². The Kier molecular flexibility index (Phi) is 3.84. The average Bonchev–Trinajstić information content (AvgIpc) is 2.28. The van der Waals surface area contributed by atoms with Crippen LogP contribution in [-0.4, -0.2) is 6.00 Å². The maximum absolute atomic E-state index is 6.13. The minimum Gasteiger partial charge on any atom is -0.125 e. The Bertz CT molecular complexity index is 540. The number of rotatable bonds is 3. The largest absolute Gasteiger partial charge is 0.352 e. The molecule has 0 aromatic heterocycles. The molecule has 0 saturated carbocycles. The van der Waals surface area contributed by atoms with Crippen LogP contribution in [0.4, 0.5) is 0 Å². The van der Waals surface area contributed by atoms with Crippen LogP contribution in [0.15, 0.2) is 55.1 Å². The molecule has 2 rings (SSSR count). The normalized spacial score (nSPS) is 13.6. The third-order valence-electron chi connectivity index (χ3n) is 2.75. The van der Waals surface area contributed by atoms with Gasteiger partial charge in [-0.3, -0.25) is 0 Å². The molecule has 0 spiro atoms. The minimum absolute atomic E-state index is 0.182. The molecule has 0 aliphatic rings. The minimum atomic E-state index is -2.85. The summed E-state index contributed by atoms with van der Waals surface area (Å²) in [5.41, 5.74) is 0.864. The van der Waals surface area contributed by atoms with E-state index >= 15 is 0 Å². The fourth-order valence-electron chi connectivity index (χ4n) is 1.96. The Hall–Kier alpha value is -0.473. The number of hydrogen-bond acceptors (Lipinski definition) is 0. The summed E-state index contributed by atoms with van der Waals surface area (Å²) in [7, 11) is 0. The SMILES string of the molecule is C=CC(c1cccc2ccccc12)[Si](Cl)(Cl)Cl. The first-order chi connectivity index (χ1) is 8.04. The molecule has 1 atom stereocenters. The van der Waals surface area contributed by atoms with E-state index in [2.05, 4.69) is 18.7 Å². The summed E-state index contributed by atoms with van der Waals surface area (Å²) >= 11 is 18.4. The van der Waals surface area contributed by atoms with Crippen LogP contribution in [0.5, 0.6) is 0 Å². The van der Waals surface area contributed by atoms with Gasteiger partial charge < -0.3 is 0 Å². The van der Waals surface area contributed by atoms with Gasteiger partial charge in [0.25, 0.3) is 0 Å². The van der Waals surface area contributed by atoms with Crippen molar-refractivity contribution in [1.82, 2.24) is 0 Å². The summed E-state index contributed by atoms with van der Waals surface area (Å²) in [6.07, 6.45) is 1.74. The molecule has 17 heavy (non-hydrogen) atoms. The van der Waals surface area contributed by atoms with E-state index in [1.54, 1.807) is 6.08 Å². The first kappa shape index (κ1) is 13.0. The van der Waals surface area contributed by atoms with Crippen molar-refractivity contribution < 1.29 is 0 Å². The van der Waals surface area contributed by atoms with Crippen molar-refractivity contribution >= 4 is 50.0 Å². The van der Waals surface area contributed by atoms with Crippen LogP contribution in [0, 0.1) is 0 Å². The second kappa shape index (κ2) is 5.03. The first-order valence-electron chi connectivity index (χ1n) is 5.21. The molecule has 88 valence electrons. The number of fused-ring (bicyclic) bond motifs is 1. The van der Waals surface area contributed by atoms with Gasteiger partial charge in [-0.05, 0) is 16.3 Å². The highest BCUT2D eigenvalue weighted by atomic mass is 35.8. The van der Waals surface area contributed by atoms with E-state index < -0.39 is 6.00 Å². The lowest BCUT2D eigenvalue weighted by molar-refractivity contribution is 1.22. The van der Waals surface area contributed by atoms with E-state index in [4.69, 9.17) is 33.2 Å². The van der Waals surface area contributed by atoms with Crippen LogP contribution < -0.4 is 0 Å². The topological polar surface area (TPSA) is 0 Å². The zero-order chi connectivity index (χ0) is 12.5. The zero-order valence-electron chi connectivity index (χ0n) is 9.04. The summed E-state index contributed by atoms with van der Waals surface area (Å²) in [4.78, 5) is 0. The van der Waals surface area contributed by atoms with Crippen molar-refractivity contribution in [3.8, 4) is 0 Å². The van der Waals surface area contributed by atoms with Crippen molar-refractivity contribution in [2.75, 3.05) is 0 Å². The molecule has 0 N–H and O–H groups in total. The lowest BCUT2D eigenvalue weighted by atomic mass is 10.0. The maximum Gasteiger partial charge on any atom is 0.352 e. The maximum atomic E-state index is 6.13.